The topological polar surface area (TPSA) is 38.5 Å². The molecule has 1 saturated heterocycles. The van der Waals surface area contributed by atoms with Crippen LogP contribution in [-0.4, -0.2) is 37.2 Å². The zero-order chi connectivity index (χ0) is 14.4. The van der Waals surface area contributed by atoms with Gasteiger partial charge in [-0.3, -0.25) is 4.90 Å². The van der Waals surface area contributed by atoms with E-state index in [4.69, 9.17) is 10.5 Å². The maximum Gasteiger partial charge on any atom is 0.126 e. The third-order valence-electron chi connectivity index (χ3n) is 3.87. The molecule has 1 aliphatic rings. The Bertz CT molecular complexity index is 417. The molecule has 1 aromatic rings. The molecule has 0 aromatic heterocycles. The molecule has 0 atom stereocenters. The highest BCUT2D eigenvalue weighted by atomic mass is 19.1. The highest BCUT2D eigenvalue weighted by molar-refractivity contribution is 5.23. The quantitative estimate of drug-likeness (QED) is 0.814. The molecule has 0 radical (unpaired) electrons. The molecule has 1 heterocycles. The molecule has 2 N–H and O–H groups in total. The lowest BCUT2D eigenvalue weighted by Crippen LogP contribution is -2.36. The molecule has 4 heteroatoms. The van der Waals surface area contributed by atoms with Crippen LogP contribution < -0.4 is 5.73 Å². The maximum absolute atomic E-state index is 13.2. The van der Waals surface area contributed by atoms with Gasteiger partial charge in [-0.05, 0) is 49.9 Å². The fraction of sp³-hybridized carbons (Fsp3) is 0.625. The zero-order valence-electron chi connectivity index (χ0n) is 12.3. The third-order valence-corrected chi connectivity index (χ3v) is 3.87. The lowest BCUT2D eigenvalue weighted by molar-refractivity contribution is 0.00563. The lowest BCUT2D eigenvalue weighted by Gasteiger charge is -2.32. The summed E-state index contributed by atoms with van der Waals surface area (Å²) in [5.41, 5.74) is 7.37. The molecule has 0 bridgehead atoms. The van der Waals surface area contributed by atoms with E-state index in [-0.39, 0.29) is 5.82 Å². The molecule has 0 aliphatic carbocycles. The Balaban J connectivity index is 1.75. The van der Waals surface area contributed by atoms with Gasteiger partial charge < -0.3 is 10.5 Å². The molecule has 0 saturated carbocycles. The summed E-state index contributed by atoms with van der Waals surface area (Å²) >= 11 is 0. The first kappa shape index (κ1) is 15.4. The number of rotatable bonds is 6. The van der Waals surface area contributed by atoms with Crippen molar-refractivity contribution in [3.63, 3.8) is 0 Å². The van der Waals surface area contributed by atoms with Crippen molar-refractivity contribution in [3.05, 3.63) is 35.1 Å². The van der Waals surface area contributed by atoms with Gasteiger partial charge in [0.25, 0.3) is 0 Å². The summed E-state index contributed by atoms with van der Waals surface area (Å²) in [6.07, 6.45) is 3.47. The minimum atomic E-state index is -0.124. The summed E-state index contributed by atoms with van der Waals surface area (Å²) in [7, 11) is 0. The van der Waals surface area contributed by atoms with Crippen LogP contribution in [0.3, 0.4) is 0 Å². The van der Waals surface area contributed by atoms with Crippen LogP contribution in [0.4, 0.5) is 4.39 Å². The van der Waals surface area contributed by atoms with E-state index in [1.165, 1.54) is 5.56 Å². The van der Waals surface area contributed by atoms with Gasteiger partial charge in [-0.25, -0.2) is 4.39 Å². The second-order valence-electron chi connectivity index (χ2n) is 5.57. The third kappa shape index (κ3) is 4.54. The van der Waals surface area contributed by atoms with E-state index < -0.39 is 0 Å². The molecule has 2 rings (SSSR count). The van der Waals surface area contributed by atoms with Gasteiger partial charge in [-0.1, -0.05) is 12.1 Å². The number of halogens is 1. The summed E-state index contributed by atoms with van der Waals surface area (Å²) in [6.45, 7) is 6.28. The first-order valence-corrected chi connectivity index (χ1v) is 7.48. The molecule has 0 spiro atoms. The normalized spacial score (nSPS) is 17.6. The van der Waals surface area contributed by atoms with E-state index in [1.54, 1.807) is 6.07 Å². The monoisotopic (exact) mass is 280 g/mol. The van der Waals surface area contributed by atoms with Crippen LogP contribution in [-0.2, 0) is 11.3 Å². The van der Waals surface area contributed by atoms with E-state index in [0.29, 0.717) is 12.6 Å². The Hall–Kier alpha value is -0.970. The number of nitrogens with zero attached hydrogens (tertiary/aromatic N) is 1. The Morgan fingerprint density at radius 3 is 2.75 bits per heavy atom. The number of aryl methyl sites for hydroxylation is 1. The van der Waals surface area contributed by atoms with Crippen LogP contribution in [0.25, 0.3) is 0 Å². The molecule has 1 aliphatic heterocycles. The number of nitrogens with two attached hydrogens (primary N) is 1. The number of likely N-dealkylation sites (tertiary alicyclic amines) is 1. The second kappa shape index (κ2) is 7.72. The van der Waals surface area contributed by atoms with Crippen molar-refractivity contribution in [2.45, 2.75) is 38.8 Å². The van der Waals surface area contributed by atoms with Crippen LogP contribution in [0, 0.1) is 12.7 Å². The predicted molar refractivity (Wildman–Crippen MR) is 79.1 cm³/mol. The smallest absolute Gasteiger partial charge is 0.126 e. The molecule has 0 unspecified atom stereocenters. The molecule has 0 amide bonds. The average molecular weight is 280 g/mol. The molecule has 112 valence electrons. The van der Waals surface area contributed by atoms with E-state index in [9.17, 15) is 4.39 Å². The van der Waals surface area contributed by atoms with Crippen molar-refractivity contribution in [2.24, 2.45) is 5.73 Å². The molecular formula is C16H25FN2O. The van der Waals surface area contributed by atoms with Crippen molar-refractivity contribution in [2.75, 3.05) is 26.2 Å². The van der Waals surface area contributed by atoms with Gasteiger partial charge in [0.15, 0.2) is 0 Å². The summed E-state index contributed by atoms with van der Waals surface area (Å²) in [4.78, 5) is 2.41. The number of hydrogen-bond donors (Lipinski definition) is 1. The molecule has 1 aromatic carbocycles. The molecule has 1 fully saturated rings. The molecular weight excluding hydrogens is 255 g/mol. The number of piperidine rings is 1. The van der Waals surface area contributed by atoms with Crippen molar-refractivity contribution in [3.8, 4) is 0 Å². The van der Waals surface area contributed by atoms with Crippen molar-refractivity contribution in [1.82, 2.24) is 4.90 Å². The van der Waals surface area contributed by atoms with Crippen LogP contribution in [0.2, 0.25) is 0 Å². The van der Waals surface area contributed by atoms with E-state index >= 15 is 0 Å². The van der Waals surface area contributed by atoms with Gasteiger partial charge in [-0.2, -0.15) is 0 Å². The number of ether oxygens (including phenoxy) is 1. The Morgan fingerprint density at radius 1 is 1.35 bits per heavy atom. The average Bonchev–Trinajstić information content (AvgIpc) is 2.45. The molecule has 20 heavy (non-hydrogen) atoms. The van der Waals surface area contributed by atoms with Gasteiger partial charge >= 0.3 is 0 Å². The summed E-state index contributed by atoms with van der Waals surface area (Å²) < 4.78 is 19.0. The van der Waals surface area contributed by atoms with Gasteiger partial charge in [0.05, 0.1) is 6.10 Å². The molecule has 3 nitrogen and oxygen atoms in total. The highest BCUT2D eigenvalue weighted by Gasteiger charge is 2.19. The van der Waals surface area contributed by atoms with Crippen molar-refractivity contribution in [1.29, 1.82) is 0 Å². The van der Waals surface area contributed by atoms with Crippen LogP contribution in [0.1, 0.15) is 30.4 Å². The minimum absolute atomic E-state index is 0.124. The first-order chi connectivity index (χ1) is 9.69. The maximum atomic E-state index is 13.2. The van der Waals surface area contributed by atoms with Crippen molar-refractivity contribution >= 4 is 0 Å². The van der Waals surface area contributed by atoms with Crippen LogP contribution in [0.5, 0.6) is 0 Å². The fourth-order valence-corrected chi connectivity index (χ4v) is 2.63. The van der Waals surface area contributed by atoms with Gasteiger partial charge in [0.1, 0.15) is 5.82 Å². The second-order valence-corrected chi connectivity index (χ2v) is 5.57. The fourth-order valence-electron chi connectivity index (χ4n) is 2.63. The summed E-state index contributed by atoms with van der Waals surface area (Å²) in [5.74, 6) is -0.124. The zero-order valence-corrected chi connectivity index (χ0v) is 12.3. The Labute approximate surface area is 120 Å². The van der Waals surface area contributed by atoms with E-state index in [1.807, 2.05) is 19.1 Å². The minimum Gasteiger partial charge on any atom is -0.378 e. The van der Waals surface area contributed by atoms with Crippen molar-refractivity contribution < 1.29 is 9.13 Å². The SMILES string of the molecule is Cc1cc(CN2CCC(OCCCN)CC2)ccc1F. The van der Waals surface area contributed by atoms with Gasteiger partial charge in [-0.15, -0.1) is 0 Å². The van der Waals surface area contributed by atoms with E-state index in [2.05, 4.69) is 4.90 Å². The van der Waals surface area contributed by atoms with E-state index in [0.717, 1.165) is 51.1 Å². The standard InChI is InChI=1S/C16H25FN2O/c1-13-11-14(3-4-16(13)17)12-19-8-5-15(6-9-19)20-10-2-7-18/h3-4,11,15H,2,5-10,12,18H2,1H3. The Morgan fingerprint density at radius 2 is 2.10 bits per heavy atom. The van der Waals surface area contributed by atoms with Crippen LogP contribution in [0.15, 0.2) is 18.2 Å². The predicted octanol–water partition coefficient (Wildman–Crippen LogP) is 2.46. The lowest BCUT2D eigenvalue weighted by atomic mass is 10.1. The first-order valence-electron chi connectivity index (χ1n) is 7.48. The number of benzene rings is 1. The summed E-state index contributed by atoms with van der Waals surface area (Å²) in [5, 5.41) is 0. The number of hydrogen-bond acceptors (Lipinski definition) is 3. The Kier molecular flexibility index (Phi) is 5.95. The summed E-state index contributed by atoms with van der Waals surface area (Å²) in [6, 6.07) is 5.39. The van der Waals surface area contributed by atoms with Gasteiger partial charge in [0, 0.05) is 26.2 Å². The van der Waals surface area contributed by atoms with Gasteiger partial charge in [0.2, 0.25) is 0 Å². The highest BCUT2D eigenvalue weighted by Crippen LogP contribution is 2.17. The largest absolute Gasteiger partial charge is 0.378 e. The van der Waals surface area contributed by atoms with Crippen LogP contribution >= 0.6 is 0 Å².